The molecule has 11 nitrogen and oxygen atoms in total. The number of ether oxygens (including phenoxy) is 5. The van der Waals surface area contributed by atoms with Gasteiger partial charge in [-0.25, -0.2) is 4.79 Å². The Hall–Kier alpha value is -1.53. The Bertz CT molecular complexity index is 626. The van der Waals surface area contributed by atoms with E-state index in [1.165, 1.54) is 0 Å². The highest BCUT2D eigenvalue weighted by Crippen LogP contribution is 2.27. The minimum absolute atomic E-state index is 0.424. The highest BCUT2D eigenvalue weighted by molar-refractivity contribution is 6.67. The van der Waals surface area contributed by atoms with E-state index < -0.39 is 71.7 Å². The molecule has 0 aromatic heterocycles. The quantitative estimate of drug-likeness (QED) is 0.314. The summed E-state index contributed by atoms with van der Waals surface area (Å²) in [5.74, 6) is -2.25. The van der Waals surface area contributed by atoms with Crippen LogP contribution in [0.4, 0.5) is 4.79 Å². The normalized spacial score (nSPS) is 26.8. The maximum atomic E-state index is 12.0. The first-order chi connectivity index (χ1) is 13.3. The van der Waals surface area contributed by atoms with Gasteiger partial charge in [0.05, 0.1) is 0 Å². The van der Waals surface area contributed by atoms with Crippen molar-refractivity contribution >= 4 is 58.8 Å². The molecule has 0 saturated carbocycles. The molecule has 0 aliphatic carbocycles. The first-order valence-electron chi connectivity index (χ1n) is 8.11. The summed E-state index contributed by atoms with van der Waals surface area (Å²) in [4.78, 5) is 46.1. The van der Waals surface area contributed by atoms with Crippen LogP contribution in [-0.4, -0.2) is 76.8 Å². The molecule has 0 bridgehead atoms. The number of esters is 3. The van der Waals surface area contributed by atoms with E-state index in [-0.39, 0.29) is 0 Å². The number of alkyl carbamates (subject to hydrolysis) is 1. The van der Waals surface area contributed by atoms with E-state index >= 15 is 0 Å². The van der Waals surface area contributed by atoms with Crippen molar-refractivity contribution in [2.45, 2.75) is 55.2 Å². The Balaban J connectivity index is 3.06. The summed E-state index contributed by atoms with van der Waals surface area (Å²) < 4.78 is 23.2. The monoisotopic (exact) mass is 479 g/mol. The lowest BCUT2D eigenvalue weighted by Crippen LogP contribution is -2.66. The summed E-state index contributed by atoms with van der Waals surface area (Å²) in [6.45, 7) is 2.23. The molecule has 1 heterocycles. The van der Waals surface area contributed by atoms with Crippen molar-refractivity contribution in [1.82, 2.24) is 5.32 Å². The fourth-order valence-corrected chi connectivity index (χ4v) is 2.56. The van der Waals surface area contributed by atoms with Crippen LogP contribution in [0.3, 0.4) is 0 Å². The maximum Gasteiger partial charge on any atom is 0.407 e. The van der Waals surface area contributed by atoms with Gasteiger partial charge in [-0.1, -0.05) is 34.8 Å². The molecule has 29 heavy (non-hydrogen) atoms. The van der Waals surface area contributed by atoms with Crippen molar-refractivity contribution in [2.24, 2.45) is 0 Å². The first kappa shape index (κ1) is 25.5. The Morgan fingerprint density at radius 1 is 0.966 bits per heavy atom. The summed E-state index contributed by atoms with van der Waals surface area (Å²) in [5.41, 5.74) is 0. The van der Waals surface area contributed by atoms with Crippen molar-refractivity contribution < 1.29 is 48.0 Å². The Morgan fingerprint density at radius 2 is 1.52 bits per heavy atom. The van der Waals surface area contributed by atoms with E-state index in [0.29, 0.717) is 0 Å². The third kappa shape index (κ3) is 9.22. The summed E-state index contributed by atoms with van der Waals surface area (Å²) in [7, 11) is 0. The topological polar surface area (TPSA) is 147 Å². The highest BCUT2D eigenvalue weighted by atomic mass is 35.6. The lowest BCUT2D eigenvalue weighted by Gasteiger charge is -2.43. The predicted octanol–water partition coefficient (Wildman–Crippen LogP) is 0.595. The minimum atomic E-state index is -1.89. The molecule has 14 heteroatoms. The number of hydrogen-bond donors (Lipinski definition) is 2. The van der Waals surface area contributed by atoms with Crippen molar-refractivity contribution in [1.29, 1.82) is 0 Å². The molecule has 0 radical (unpaired) electrons. The average Bonchev–Trinajstić information content (AvgIpc) is 2.55. The van der Waals surface area contributed by atoms with Crippen LogP contribution in [0.25, 0.3) is 0 Å². The van der Waals surface area contributed by atoms with E-state index in [1.54, 1.807) is 0 Å². The van der Waals surface area contributed by atoms with Gasteiger partial charge in [0, 0.05) is 20.8 Å². The van der Waals surface area contributed by atoms with Crippen LogP contribution in [0, 0.1) is 0 Å². The van der Waals surface area contributed by atoms with E-state index in [1.807, 2.05) is 0 Å². The number of nitrogens with one attached hydrogen (secondary N) is 1. The second kappa shape index (κ2) is 11.0. The predicted molar refractivity (Wildman–Crippen MR) is 97.2 cm³/mol. The van der Waals surface area contributed by atoms with E-state index in [9.17, 15) is 24.3 Å². The number of carbonyl (C=O) groups is 4. The molecular weight excluding hydrogens is 461 g/mol. The zero-order valence-corrected chi connectivity index (χ0v) is 17.8. The fraction of sp³-hybridized carbons (Fsp3) is 0.733. The molecule has 1 saturated heterocycles. The van der Waals surface area contributed by atoms with Crippen molar-refractivity contribution in [3.8, 4) is 0 Å². The molecule has 1 rings (SSSR count). The van der Waals surface area contributed by atoms with Gasteiger partial charge in [0.15, 0.2) is 18.5 Å². The van der Waals surface area contributed by atoms with Crippen molar-refractivity contribution in [3.05, 3.63) is 0 Å². The molecule has 1 aliphatic rings. The second-order valence-corrected chi connectivity index (χ2v) is 8.39. The number of amides is 1. The Labute approximate surface area is 180 Å². The van der Waals surface area contributed by atoms with Crippen LogP contribution in [-0.2, 0) is 38.1 Å². The molecule has 5 atom stereocenters. The van der Waals surface area contributed by atoms with Crippen LogP contribution in [0.2, 0.25) is 0 Å². The van der Waals surface area contributed by atoms with Gasteiger partial charge in [-0.05, 0) is 0 Å². The maximum absolute atomic E-state index is 12.0. The smallest absolute Gasteiger partial charge is 0.407 e. The second-order valence-electron chi connectivity index (χ2n) is 5.88. The minimum Gasteiger partial charge on any atom is -0.463 e. The van der Waals surface area contributed by atoms with Gasteiger partial charge in [-0.15, -0.1) is 0 Å². The molecule has 0 spiro atoms. The van der Waals surface area contributed by atoms with Crippen LogP contribution >= 0.6 is 34.8 Å². The van der Waals surface area contributed by atoms with Crippen LogP contribution < -0.4 is 5.32 Å². The Kier molecular flexibility index (Phi) is 9.69. The van der Waals surface area contributed by atoms with E-state index in [2.05, 4.69) is 5.32 Å². The molecule has 1 fully saturated rings. The number of rotatable bonds is 6. The van der Waals surface area contributed by atoms with Gasteiger partial charge in [0.1, 0.15) is 25.4 Å². The summed E-state index contributed by atoms with van der Waals surface area (Å²) in [6, 6.07) is -1.43. The zero-order valence-electron chi connectivity index (χ0n) is 15.6. The number of halogens is 3. The lowest BCUT2D eigenvalue weighted by atomic mass is 9.96. The largest absolute Gasteiger partial charge is 0.463 e. The molecule has 4 unspecified atom stereocenters. The highest BCUT2D eigenvalue weighted by Gasteiger charge is 2.50. The first-order valence-corrected chi connectivity index (χ1v) is 9.25. The number of carbonyl (C=O) groups excluding carboxylic acids is 4. The molecule has 0 aromatic rings. The number of hydrogen-bond acceptors (Lipinski definition) is 10. The zero-order chi connectivity index (χ0) is 22.4. The summed E-state index contributed by atoms with van der Waals surface area (Å²) in [5, 5.41) is 12.5. The third-order valence-corrected chi connectivity index (χ3v) is 3.70. The van der Waals surface area contributed by atoms with Crippen LogP contribution in [0.1, 0.15) is 20.8 Å². The summed E-state index contributed by atoms with van der Waals surface area (Å²) in [6.07, 6.45) is -6.84. The Morgan fingerprint density at radius 3 is 2.00 bits per heavy atom. The van der Waals surface area contributed by atoms with Crippen molar-refractivity contribution in [3.63, 3.8) is 0 Å². The number of aliphatic hydroxyl groups is 1. The van der Waals surface area contributed by atoms with Crippen LogP contribution in [0.15, 0.2) is 0 Å². The number of alkyl halides is 3. The van der Waals surface area contributed by atoms with Gasteiger partial charge in [-0.2, -0.15) is 0 Å². The fourth-order valence-electron chi connectivity index (χ4n) is 2.40. The van der Waals surface area contributed by atoms with Gasteiger partial charge in [0.25, 0.3) is 0 Å². The van der Waals surface area contributed by atoms with Gasteiger partial charge in [0.2, 0.25) is 3.79 Å². The van der Waals surface area contributed by atoms with Crippen molar-refractivity contribution in [2.75, 3.05) is 13.2 Å². The van der Waals surface area contributed by atoms with Gasteiger partial charge in [-0.3, -0.25) is 14.4 Å². The average molecular weight is 481 g/mol. The molecule has 166 valence electrons. The van der Waals surface area contributed by atoms with E-state index in [4.69, 9.17) is 58.5 Å². The SMILES string of the molecule is CC(=O)OCC1OC(O)C(NC(=O)OCC(Cl)(Cl)Cl)C(OC(C)=O)[C@H]1OC(C)=O. The third-order valence-electron chi connectivity index (χ3n) is 3.37. The number of aliphatic hydroxyl groups excluding tert-OH is 1. The lowest BCUT2D eigenvalue weighted by molar-refractivity contribution is -0.264. The summed E-state index contributed by atoms with van der Waals surface area (Å²) >= 11 is 16.5. The van der Waals surface area contributed by atoms with Gasteiger partial charge < -0.3 is 34.1 Å². The van der Waals surface area contributed by atoms with E-state index in [0.717, 1.165) is 20.8 Å². The molecule has 1 amide bonds. The molecule has 0 aromatic carbocycles. The van der Waals surface area contributed by atoms with Crippen LogP contribution in [0.5, 0.6) is 0 Å². The van der Waals surface area contributed by atoms with Gasteiger partial charge >= 0.3 is 24.0 Å². The molecule has 1 aliphatic heterocycles. The standard InChI is InChI=1S/C15H20Cl3NO10/c1-6(20)25-4-9-11(27-7(2)21)12(28-8(3)22)10(13(23)29-9)19-14(24)26-5-15(16,17)18/h9-13,23H,4-5H2,1-3H3,(H,19,24)/t9?,10?,11-,12?,13?/m0/s1. The molecular formula is C15H20Cl3NO10. The molecule has 2 N–H and O–H groups in total.